The fourth-order valence-corrected chi connectivity index (χ4v) is 0.398. The molecule has 7 heteroatoms. The first-order valence-corrected chi connectivity index (χ1v) is 2.52. The van der Waals surface area contributed by atoms with Crippen LogP contribution >= 0.6 is 0 Å². The van der Waals surface area contributed by atoms with Crippen LogP contribution in [0.15, 0.2) is 17.8 Å². The van der Waals surface area contributed by atoms with Gasteiger partial charge in [0.15, 0.2) is 0 Å². The Morgan fingerprint density at radius 2 is 1.33 bits per heavy atom. The van der Waals surface area contributed by atoms with E-state index in [1.54, 1.807) is 0 Å². The SMILES string of the molecule is C=CN=C(C(F)(F)F)C(F)(F)F. The second-order valence-corrected chi connectivity index (χ2v) is 1.66. The van der Waals surface area contributed by atoms with Gasteiger partial charge in [-0.2, -0.15) is 26.3 Å². The van der Waals surface area contributed by atoms with E-state index in [0.29, 0.717) is 0 Å². The van der Waals surface area contributed by atoms with E-state index in [2.05, 4.69) is 11.6 Å². The molecule has 12 heavy (non-hydrogen) atoms. The van der Waals surface area contributed by atoms with Crippen molar-refractivity contribution in [1.29, 1.82) is 0 Å². The zero-order valence-corrected chi connectivity index (χ0v) is 5.50. The summed E-state index contributed by atoms with van der Waals surface area (Å²) >= 11 is 0. The molecule has 1 nitrogen and oxygen atoms in total. The molecule has 0 aromatic heterocycles. The van der Waals surface area contributed by atoms with Gasteiger partial charge < -0.3 is 0 Å². The van der Waals surface area contributed by atoms with E-state index in [1.165, 1.54) is 0 Å². The van der Waals surface area contributed by atoms with Gasteiger partial charge in [0.2, 0.25) is 5.71 Å². The molecule has 0 aromatic carbocycles. The lowest BCUT2D eigenvalue weighted by atomic mass is 10.3. The molecule has 0 atom stereocenters. The summed E-state index contributed by atoms with van der Waals surface area (Å²) in [7, 11) is 0. The van der Waals surface area contributed by atoms with Gasteiger partial charge >= 0.3 is 12.4 Å². The Hall–Kier alpha value is -1.01. The van der Waals surface area contributed by atoms with Crippen molar-refractivity contribution in [3.8, 4) is 0 Å². The van der Waals surface area contributed by atoms with Crippen LogP contribution in [0, 0.1) is 0 Å². The van der Waals surface area contributed by atoms with Crippen LogP contribution in [-0.2, 0) is 0 Å². The highest BCUT2D eigenvalue weighted by molar-refractivity contribution is 5.94. The van der Waals surface area contributed by atoms with Crippen molar-refractivity contribution in [2.75, 3.05) is 0 Å². The number of aliphatic imine (C=N–C) groups is 1. The third-order valence-electron chi connectivity index (χ3n) is 0.757. The highest BCUT2D eigenvalue weighted by Crippen LogP contribution is 2.30. The topological polar surface area (TPSA) is 12.4 Å². The molecule has 0 rings (SSSR count). The molecule has 0 radical (unpaired) electrons. The van der Waals surface area contributed by atoms with Crippen LogP contribution in [0.1, 0.15) is 0 Å². The predicted octanol–water partition coefficient (Wildman–Crippen LogP) is 2.70. The van der Waals surface area contributed by atoms with Gasteiger partial charge in [0.05, 0.1) is 0 Å². The minimum atomic E-state index is -5.49. The summed E-state index contributed by atoms with van der Waals surface area (Å²) in [5.41, 5.74) is -2.80. The third kappa shape index (κ3) is 2.93. The molecule has 0 N–H and O–H groups in total. The summed E-state index contributed by atoms with van der Waals surface area (Å²) < 4.78 is 69.0. The molecule has 0 saturated carbocycles. The van der Waals surface area contributed by atoms with Crippen molar-refractivity contribution in [3.05, 3.63) is 12.8 Å². The normalized spacial score (nSPS) is 12.5. The van der Waals surface area contributed by atoms with Gasteiger partial charge in [0.1, 0.15) is 0 Å². The zero-order chi connectivity index (χ0) is 9.99. The molecule has 0 fully saturated rings. The van der Waals surface area contributed by atoms with Gasteiger partial charge in [-0.3, -0.25) is 0 Å². The van der Waals surface area contributed by atoms with Crippen LogP contribution in [0.2, 0.25) is 0 Å². The van der Waals surface area contributed by atoms with Gasteiger partial charge in [-0.05, 0) is 0 Å². The monoisotopic (exact) mass is 191 g/mol. The van der Waals surface area contributed by atoms with Crippen LogP contribution in [0.4, 0.5) is 26.3 Å². The van der Waals surface area contributed by atoms with Gasteiger partial charge in [-0.25, -0.2) is 4.99 Å². The van der Waals surface area contributed by atoms with Crippen LogP contribution in [0.3, 0.4) is 0 Å². The molecule has 0 spiro atoms. The molecule has 0 aliphatic heterocycles. The second-order valence-electron chi connectivity index (χ2n) is 1.66. The highest BCUT2D eigenvalue weighted by Gasteiger charge is 2.52. The quantitative estimate of drug-likeness (QED) is 0.446. The van der Waals surface area contributed by atoms with Crippen molar-refractivity contribution in [1.82, 2.24) is 0 Å². The Morgan fingerprint density at radius 3 is 1.42 bits per heavy atom. The number of alkyl halides is 6. The first-order chi connectivity index (χ1) is 5.19. The lowest BCUT2D eigenvalue weighted by molar-refractivity contribution is -0.117. The Morgan fingerprint density at radius 1 is 1.00 bits per heavy atom. The summed E-state index contributed by atoms with van der Waals surface area (Å²) in [6.45, 7) is 2.64. The standard InChI is InChI=1S/C5H3F6N/c1-2-12-3(4(6,7)8)5(9,10)11/h2H,1H2. The van der Waals surface area contributed by atoms with Gasteiger partial charge in [-0.15, -0.1) is 0 Å². The number of hydrogen-bond donors (Lipinski definition) is 0. The van der Waals surface area contributed by atoms with E-state index in [-0.39, 0.29) is 6.20 Å². The van der Waals surface area contributed by atoms with E-state index in [4.69, 9.17) is 0 Å². The first-order valence-electron chi connectivity index (χ1n) is 2.52. The van der Waals surface area contributed by atoms with E-state index in [1.807, 2.05) is 0 Å². The summed E-state index contributed by atoms with van der Waals surface area (Å²) in [6, 6.07) is 0. The van der Waals surface area contributed by atoms with E-state index < -0.39 is 18.1 Å². The zero-order valence-electron chi connectivity index (χ0n) is 5.50. The summed E-state index contributed by atoms with van der Waals surface area (Å²) in [5, 5.41) is 0. The smallest absolute Gasteiger partial charge is 0.248 e. The van der Waals surface area contributed by atoms with Gasteiger partial charge in [-0.1, -0.05) is 6.58 Å². The van der Waals surface area contributed by atoms with E-state index in [9.17, 15) is 26.3 Å². The number of halogens is 6. The summed E-state index contributed by atoms with van der Waals surface area (Å²) in [5.74, 6) is 0. The molecule has 0 heterocycles. The lowest BCUT2D eigenvalue weighted by Gasteiger charge is -2.11. The Kier molecular flexibility index (Phi) is 2.89. The molecular weight excluding hydrogens is 188 g/mol. The molecule has 0 aliphatic rings. The van der Waals surface area contributed by atoms with Crippen molar-refractivity contribution < 1.29 is 26.3 Å². The fourth-order valence-electron chi connectivity index (χ4n) is 0.398. The molecule has 0 unspecified atom stereocenters. The molecular formula is C5H3F6N. The maximum absolute atomic E-state index is 11.5. The number of nitrogens with zero attached hydrogens (tertiary/aromatic N) is 1. The molecule has 0 aliphatic carbocycles. The Balaban J connectivity index is 4.95. The van der Waals surface area contributed by atoms with Crippen LogP contribution in [-0.4, -0.2) is 18.1 Å². The largest absolute Gasteiger partial charge is 0.438 e. The molecule has 0 amide bonds. The third-order valence-corrected chi connectivity index (χ3v) is 0.757. The van der Waals surface area contributed by atoms with E-state index in [0.717, 1.165) is 0 Å². The number of rotatable bonds is 1. The summed E-state index contributed by atoms with van der Waals surface area (Å²) in [4.78, 5) is 2.10. The first kappa shape index (κ1) is 11.0. The second kappa shape index (κ2) is 3.16. The number of hydrogen-bond acceptors (Lipinski definition) is 1. The van der Waals surface area contributed by atoms with Crippen LogP contribution in [0.5, 0.6) is 0 Å². The van der Waals surface area contributed by atoms with Crippen LogP contribution in [0.25, 0.3) is 0 Å². The average molecular weight is 191 g/mol. The predicted molar refractivity (Wildman–Crippen MR) is 29.7 cm³/mol. The highest BCUT2D eigenvalue weighted by atomic mass is 19.4. The van der Waals surface area contributed by atoms with Crippen molar-refractivity contribution in [2.24, 2.45) is 4.99 Å². The van der Waals surface area contributed by atoms with Crippen molar-refractivity contribution in [2.45, 2.75) is 12.4 Å². The minimum Gasteiger partial charge on any atom is -0.248 e. The van der Waals surface area contributed by atoms with Crippen molar-refractivity contribution in [3.63, 3.8) is 0 Å². The fraction of sp³-hybridized carbons (Fsp3) is 0.400. The Labute approximate surface area is 63.4 Å². The van der Waals surface area contributed by atoms with Gasteiger partial charge in [0.25, 0.3) is 0 Å². The lowest BCUT2D eigenvalue weighted by Crippen LogP contribution is -2.36. The molecule has 0 saturated heterocycles. The van der Waals surface area contributed by atoms with Gasteiger partial charge in [0, 0.05) is 6.20 Å². The Bertz CT molecular complexity index is 181. The average Bonchev–Trinajstić information content (AvgIpc) is 1.77. The van der Waals surface area contributed by atoms with Crippen LogP contribution < -0.4 is 0 Å². The van der Waals surface area contributed by atoms with E-state index >= 15 is 0 Å². The maximum atomic E-state index is 11.5. The minimum absolute atomic E-state index is 0.191. The van der Waals surface area contributed by atoms with Crippen molar-refractivity contribution >= 4 is 5.71 Å². The molecule has 0 bridgehead atoms. The molecule has 70 valence electrons. The molecule has 0 aromatic rings. The maximum Gasteiger partial charge on any atom is 0.438 e. The summed E-state index contributed by atoms with van der Waals surface area (Å²) in [6.07, 6.45) is -10.8.